The van der Waals surface area contributed by atoms with Crippen molar-refractivity contribution in [2.45, 2.75) is 0 Å². The Morgan fingerprint density at radius 3 is 2.61 bits per heavy atom. The zero-order valence-corrected chi connectivity index (χ0v) is 9.78. The Kier molecular flexibility index (Phi) is 3.43. The van der Waals surface area contributed by atoms with Crippen molar-refractivity contribution in [2.24, 2.45) is 0 Å². The molecule has 0 aliphatic heterocycles. The molecule has 1 heterocycles. The van der Waals surface area contributed by atoms with E-state index in [1.165, 1.54) is 36.5 Å². The number of hydrogen-bond donors (Lipinski definition) is 2. The topological polar surface area (TPSA) is 62.2 Å². The van der Waals surface area contributed by atoms with Crippen molar-refractivity contribution in [1.82, 2.24) is 4.98 Å². The van der Waals surface area contributed by atoms with Crippen LogP contribution in [0.1, 0.15) is 10.4 Å². The number of aromatic nitrogens is 1. The van der Waals surface area contributed by atoms with Crippen molar-refractivity contribution in [3.63, 3.8) is 0 Å². The van der Waals surface area contributed by atoms with E-state index in [-0.39, 0.29) is 16.4 Å². The van der Waals surface area contributed by atoms with E-state index in [0.717, 1.165) is 0 Å². The average Bonchev–Trinajstić information content (AvgIpc) is 2.34. The van der Waals surface area contributed by atoms with Crippen molar-refractivity contribution < 1.29 is 14.3 Å². The molecule has 0 fully saturated rings. The van der Waals surface area contributed by atoms with Crippen LogP contribution in [0, 0.1) is 5.82 Å². The molecule has 0 saturated carbocycles. The average molecular weight is 267 g/mol. The Morgan fingerprint density at radius 1 is 1.33 bits per heavy atom. The lowest BCUT2D eigenvalue weighted by molar-refractivity contribution is 0.0697. The third kappa shape index (κ3) is 2.75. The highest BCUT2D eigenvalue weighted by atomic mass is 35.5. The highest BCUT2D eigenvalue weighted by Gasteiger charge is 2.10. The summed E-state index contributed by atoms with van der Waals surface area (Å²) >= 11 is 5.69. The van der Waals surface area contributed by atoms with Gasteiger partial charge in [-0.05, 0) is 30.3 Å². The largest absolute Gasteiger partial charge is 0.478 e. The van der Waals surface area contributed by atoms with Crippen LogP contribution in [0.3, 0.4) is 0 Å². The van der Waals surface area contributed by atoms with Gasteiger partial charge in [-0.3, -0.25) is 0 Å². The van der Waals surface area contributed by atoms with Crippen LogP contribution in [0.15, 0.2) is 36.5 Å². The molecule has 0 spiro atoms. The Bertz CT molecular complexity index is 587. The molecular formula is C12H8ClFN2O2. The van der Waals surface area contributed by atoms with Crippen LogP contribution in [0.4, 0.5) is 15.9 Å². The molecule has 0 amide bonds. The molecule has 0 aliphatic rings. The van der Waals surface area contributed by atoms with Gasteiger partial charge in [0.05, 0.1) is 10.6 Å². The molecule has 4 nitrogen and oxygen atoms in total. The number of anilines is 2. The second-order valence-corrected chi connectivity index (χ2v) is 3.89. The third-order valence-electron chi connectivity index (χ3n) is 2.20. The second kappa shape index (κ2) is 5.01. The van der Waals surface area contributed by atoms with Crippen LogP contribution >= 0.6 is 11.6 Å². The molecular weight excluding hydrogens is 259 g/mol. The lowest BCUT2D eigenvalue weighted by atomic mass is 10.2. The second-order valence-electron chi connectivity index (χ2n) is 3.49. The number of carbonyl (C=O) groups is 1. The van der Waals surface area contributed by atoms with Gasteiger partial charge in [0, 0.05) is 11.9 Å². The lowest BCUT2D eigenvalue weighted by Gasteiger charge is -2.06. The molecule has 0 saturated heterocycles. The molecule has 0 radical (unpaired) electrons. The zero-order valence-electron chi connectivity index (χ0n) is 9.02. The summed E-state index contributed by atoms with van der Waals surface area (Å²) in [5, 5.41) is 11.8. The van der Waals surface area contributed by atoms with Crippen LogP contribution < -0.4 is 5.32 Å². The van der Waals surface area contributed by atoms with Gasteiger partial charge in [-0.2, -0.15) is 0 Å². The molecule has 6 heteroatoms. The summed E-state index contributed by atoms with van der Waals surface area (Å²) in [5.41, 5.74) is 0.554. The van der Waals surface area contributed by atoms with E-state index in [1.54, 1.807) is 0 Å². The lowest BCUT2D eigenvalue weighted by Crippen LogP contribution is -2.01. The molecule has 1 aromatic heterocycles. The van der Waals surface area contributed by atoms with Gasteiger partial charge in [-0.25, -0.2) is 14.2 Å². The number of nitrogens with zero attached hydrogens (tertiary/aromatic N) is 1. The number of hydrogen-bond acceptors (Lipinski definition) is 3. The van der Waals surface area contributed by atoms with Gasteiger partial charge < -0.3 is 10.4 Å². The van der Waals surface area contributed by atoms with Crippen LogP contribution in [0.25, 0.3) is 0 Å². The fourth-order valence-electron chi connectivity index (χ4n) is 1.35. The smallest absolute Gasteiger partial charge is 0.337 e. The van der Waals surface area contributed by atoms with Crippen LogP contribution in [-0.4, -0.2) is 16.1 Å². The highest BCUT2D eigenvalue weighted by Crippen LogP contribution is 2.21. The molecule has 2 rings (SSSR count). The van der Waals surface area contributed by atoms with Gasteiger partial charge >= 0.3 is 5.97 Å². The summed E-state index contributed by atoms with van der Waals surface area (Å²) in [6.07, 6.45) is 1.25. The molecule has 92 valence electrons. The third-order valence-corrected chi connectivity index (χ3v) is 2.50. The van der Waals surface area contributed by atoms with E-state index < -0.39 is 5.97 Å². The molecule has 2 aromatic rings. The first-order valence-corrected chi connectivity index (χ1v) is 5.35. The number of carboxylic acids is 1. The molecule has 18 heavy (non-hydrogen) atoms. The van der Waals surface area contributed by atoms with Gasteiger partial charge in [0.25, 0.3) is 0 Å². The van der Waals surface area contributed by atoms with Gasteiger partial charge in [-0.15, -0.1) is 0 Å². The van der Waals surface area contributed by atoms with Crippen LogP contribution in [0.2, 0.25) is 5.02 Å². The summed E-state index contributed by atoms with van der Waals surface area (Å²) in [5.74, 6) is -1.16. The fourth-order valence-corrected chi connectivity index (χ4v) is 1.54. The Morgan fingerprint density at radius 2 is 2.00 bits per heavy atom. The van der Waals surface area contributed by atoms with Crippen LogP contribution in [0.5, 0.6) is 0 Å². The summed E-state index contributed by atoms with van der Waals surface area (Å²) in [7, 11) is 0. The van der Waals surface area contributed by atoms with E-state index >= 15 is 0 Å². The molecule has 0 atom stereocenters. The standard InChI is InChI=1S/C12H8ClFN2O2/c13-10-6-15-11(5-9(10)12(17)18)16-8-3-1-7(14)2-4-8/h1-6H,(H,15,16)(H,17,18). The maximum atomic E-state index is 12.7. The molecule has 0 bridgehead atoms. The van der Waals surface area contributed by atoms with Crippen molar-refractivity contribution in [3.05, 3.63) is 52.9 Å². The minimum absolute atomic E-state index is 0.0451. The Hall–Kier alpha value is -2.14. The predicted octanol–water partition coefficient (Wildman–Crippen LogP) is 3.32. The van der Waals surface area contributed by atoms with Crippen LogP contribution in [-0.2, 0) is 0 Å². The number of aromatic carboxylic acids is 1. The van der Waals surface area contributed by atoms with Crippen molar-refractivity contribution in [2.75, 3.05) is 5.32 Å². The van der Waals surface area contributed by atoms with Gasteiger partial charge in [0.2, 0.25) is 0 Å². The number of benzene rings is 1. The quantitative estimate of drug-likeness (QED) is 0.895. The SMILES string of the molecule is O=C(O)c1cc(Nc2ccc(F)cc2)ncc1Cl. The first-order valence-electron chi connectivity index (χ1n) is 4.97. The first-order chi connectivity index (χ1) is 8.56. The van der Waals surface area contributed by atoms with E-state index in [0.29, 0.717) is 11.5 Å². The predicted molar refractivity (Wildman–Crippen MR) is 65.9 cm³/mol. The minimum Gasteiger partial charge on any atom is -0.478 e. The molecule has 0 aliphatic carbocycles. The number of pyridine rings is 1. The van der Waals surface area contributed by atoms with E-state index in [1.807, 2.05) is 0 Å². The Labute approximate surface area is 107 Å². The summed E-state index contributed by atoms with van der Waals surface area (Å²) in [6.45, 7) is 0. The van der Waals surface area contributed by atoms with Crippen molar-refractivity contribution in [1.29, 1.82) is 0 Å². The summed E-state index contributed by atoms with van der Waals surface area (Å²) in [4.78, 5) is 14.8. The first kappa shape index (κ1) is 12.3. The summed E-state index contributed by atoms with van der Waals surface area (Å²) in [6, 6.07) is 6.93. The molecule has 2 N–H and O–H groups in total. The summed E-state index contributed by atoms with van der Waals surface area (Å²) < 4.78 is 12.7. The fraction of sp³-hybridized carbons (Fsp3) is 0. The van der Waals surface area contributed by atoms with Crippen molar-refractivity contribution in [3.8, 4) is 0 Å². The van der Waals surface area contributed by atoms with Gasteiger partial charge in [-0.1, -0.05) is 11.6 Å². The molecule has 0 unspecified atom stereocenters. The zero-order chi connectivity index (χ0) is 13.1. The maximum absolute atomic E-state index is 12.7. The minimum atomic E-state index is -1.13. The van der Waals surface area contributed by atoms with E-state index in [4.69, 9.17) is 16.7 Å². The number of nitrogens with one attached hydrogen (secondary N) is 1. The number of rotatable bonds is 3. The monoisotopic (exact) mass is 266 g/mol. The maximum Gasteiger partial charge on any atom is 0.337 e. The normalized spacial score (nSPS) is 10.1. The van der Waals surface area contributed by atoms with Gasteiger partial charge in [0.15, 0.2) is 0 Å². The van der Waals surface area contributed by atoms with E-state index in [9.17, 15) is 9.18 Å². The number of halogens is 2. The molecule has 1 aromatic carbocycles. The highest BCUT2D eigenvalue weighted by molar-refractivity contribution is 6.33. The number of carboxylic acid groups (broad SMARTS) is 1. The Balaban J connectivity index is 2.27. The van der Waals surface area contributed by atoms with Crippen molar-refractivity contribution >= 4 is 29.1 Å². The van der Waals surface area contributed by atoms with E-state index in [2.05, 4.69) is 10.3 Å². The van der Waals surface area contributed by atoms with Gasteiger partial charge in [0.1, 0.15) is 11.6 Å².